The van der Waals surface area contributed by atoms with Gasteiger partial charge in [-0.05, 0) is 61.2 Å². The zero-order chi connectivity index (χ0) is 20.7. The molecular weight excluding hydrogens is 388 g/mol. The Balaban J connectivity index is 1.54. The normalized spacial score (nSPS) is 23.3. The van der Waals surface area contributed by atoms with E-state index in [0.29, 0.717) is 28.4 Å². The van der Waals surface area contributed by atoms with Gasteiger partial charge in [0.1, 0.15) is 0 Å². The molecule has 1 aliphatic heterocycles. The molecule has 1 fully saturated rings. The van der Waals surface area contributed by atoms with Crippen LogP contribution in [-0.2, 0) is 9.59 Å². The van der Waals surface area contributed by atoms with Crippen molar-refractivity contribution >= 4 is 40.7 Å². The minimum Gasteiger partial charge on any atom is -0.322 e. The Kier molecular flexibility index (Phi) is 5.01. The maximum Gasteiger partial charge on any atom is 0.255 e. The van der Waals surface area contributed by atoms with Crippen molar-refractivity contribution in [3.8, 4) is 0 Å². The Hall–Kier alpha value is -2.92. The van der Waals surface area contributed by atoms with Crippen molar-refractivity contribution in [1.29, 1.82) is 0 Å². The van der Waals surface area contributed by atoms with Gasteiger partial charge < -0.3 is 5.32 Å². The number of halogens is 1. The lowest BCUT2D eigenvalue weighted by Crippen LogP contribution is -2.31. The fraction of sp³-hybridized carbons (Fsp3) is 0.261. The molecule has 1 heterocycles. The number of allylic oxidation sites excluding steroid dienone is 2. The third-order valence-corrected chi connectivity index (χ3v) is 5.94. The van der Waals surface area contributed by atoms with Gasteiger partial charge in [0.2, 0.25) is 11.8 Å². The Morgan fingerprint density at radius 1 is 1.10 bits per heavy atom. The first-order chi connectivity index (χ1) is 13.9. The second-order valence-electron chi connectivity index (χ2n) is 7.63. The van der Waals surface area contributed by atoms with E-state index in [1.165, 1.54) is 4.90 Å². The standard InChI is InChI=1S/C23H21ClN2O3/c1-13-6-9-16(24)12-19(13)25-21(27)15-7-10-17(11-8-15)26-22(28)18-5-3-4-14(2)20(18)23(26)29/h3-4,6-12,14,18,20H,5H2,1-2H3,(H,25,27)/t14-,18+,20+/m0/s1. The summed E-state index contributed by atoms with van der Waals surface area (Å²) in [5, 5.41) is 3.38. The van der Waals surface area contributed by atoms with Gasteiger partial charge in [0.05, 0.1) is 17.5 Å². The summed E-state index contributed by atoms with van der Waals surface area (Å²) >= 11 is 6.00. The number of aryl methyl sites for hydroxylation is 1. The van der Waals surface area contributed by atoms with Crippen LogP contribution in [0.4, 0.5) is 11.4 Å². The van der Waals surface area contributed by atoms with Gasteiger partial charge in [0.25, 0.3) is 5.91 Å². The average molecular weight is 409 g/mol. The van der Waals surface area contributed by atoms with Crippen LogP contribution in [0.3, 0.4) is 0 Å². The summed E-state index contributed by atoms with van der Waals surface area (Å²) in [5.74, 6) is -1.17. The maximum absolute atomic E-state index is 12.9. The number of hydrogen-bond donors (Lipinski definition) is 1. The van der Waals surface area contributed by atoms with Gasteiger partial charge in [0, 0.05) is 16.3 Å². The van der Waals surface area contributed by atoms with Gasteiger partial charge >= 0.3 is 0 Å². The molecule has 5 nitrogen and oxygen atoms in total. The summed E-state index contributed by atoms with van der Waals surface area (Å²) in [6.45, 7) is 3.85. The monoisotopic (exact) mass is 408 g/mol. The van der Waals surface area contributed by atoms with Crippen LogP contribution < -0.4 is 10.2 Å². The van der Waals surface area contributed by atoms with Crippen molar-refractivity contribution in [2.24, 2.45) is 17.8 Å². The molecule has 148 valence electrons. The molecule has 1 N–H and O–H groups in total. The third-order valence-electron chi connectivity index (χ3n) is 5.71. The van der Waals surface area contributed by atoms with Gasteiger partial charge in [-0.25, -0.2) is 0 Å². The molecule has 0 unspecified atom stereocenters. The largest absolute Gasteiger partial charge is 0.322 e. The zero-order valence-electron chi connectivity index (χ0n) is 16.2. The van der Waals surface area contributed by atoms with E-state index in [0.717, 1.165) is 5.56 Å². The lowest BCUT2D eigenvalue weighted by molar-refractivity contribution is -0.122. The quantitative estimate of drug-likeness (QED) is 0.596. The first kappa shape index (κ1) is 19.4. The van der Waals surface area contributed by atoms with Crippen molar-refractivity contribution in [3.05, 3.63) is 70.8 Å². The first-order valence-corrected chi connectivity index (χ1v) is 9.96. The molecule has 2 aromatic rings. The highest BCUT2D eigenvalue weighted by Crippen LogP contribution is 2.40. The van der Waals surface area contributed by atoms with Crippen LogP contribution in [0.25, 0.3) is 0 Å². The van der Waals surface area contributed by atoms with Gasteiger partial charge in [-0.1, -0.05) is 36.7 Å². The topological polar surface area (TPSA) is 66.5 Å². The molecule has 29 heavy (non-hydrogen) atoms. The minimum atomic E-state index is -0.304. The second kappa shape index (κ2) is 7.48. The number of fused-ring (bicyclic) bond motifs is 1. The first-order valence-electron chi connectivity index (χ1n) is 9.59. The van der Waals surface area contributed by atoms with Crippen LogP contribution in [0.5, 0.6) is 0 Å². The number of imide groups is 1. The number of anilines is 2. The van der Waals surface area contributed by atoms with E-state index in [4.69, 9.17) is 11.6 Å². The van der Waals surface area contributed by atoms with E-state index in [-0.39, 0.29) is 35.5 Å². The van der Waals surface area contributed by atoms with Crippen LogP contribution in [-0.4, -0.2) is 17.7 Å². The van der Waals surface area contributed by atoms with Crippen LogP contribution in [0, 0.1) is 24.7 Å². The fourth-order valence-electron chi connectivity index (χ4n) is 4.09. The van der Waals surface area contributed by atoms with E-state index in [2.05, 4.69) is 5.32 Å². The van der Waals surface area contributed by atoms with Crippen molar-refractivity contribution in [2.75, 3.05) is 10.2 Å². The molecule has 2 aliphatic rings. The Morgan fingerprint density at radius 2 is 1.83 bits per heavy atom. The summed E-state index contributed by atoms with van der Waals surface area (Å²) in [7, 11) is 0. The summed E-state index contributed by atoms with van der Waals surface area (Å²) < 4.78 is 0. The average Bonchev–Trinajstić information content (AvgIpc) is 2.96. The Bertz CT molecular complexity index is 1030. The number of hydrogen-bond acceptors (Lipinski definition) is 3. The summed E-state index contributed by atoms with van der Waals surface area (Å²) in [6, 6.07) is 11.8. The number of rotatable bonds is 3. The zero-order valence-corrected chi connectivity index (χ0v) is 16.9. The number of carbonyl (C=O) groups is 3. The maximum atomic E-state index is 12.9. The lowest BCUT2D eigenvalue weighted by Gasteiger charge is -2.22. The predicted octanol–water partition coefficient (Wildman–Crippen LogP) is 4.60. The van der Waals surface area contributed by atoms with E-state index >= 15 is 0 Å². The van der Waals surface area contributed by atoms with Gasteiger partial charge in [0.15, 0.2) is 0 Å². The number of amides is 3. The minimum absolute atomic E-state index is 0.0428. The predicted molar refractivity (Wildman–Crippen MR) is 113 cm³/mol. The molecular formula is C23H21ClN2O3. The number of carbonyl (C=O) groups excluding carboxylic acids is 3. The van der Waals surface area contributed by atoms with Gasteiger partial charge in [-0.3, -0.25) is 19.3 Å². The number of nitrogens with zero attached hydrogens (tertiary/aromatic N) is 1. The Morgan fingerprint density at radius 3 is 2.52 bits per heavy atom. The van der Waals surface area contributed by atoms with Crippen LogP contribution in [0.1, 0.15) is 29.3 Å². The smallest absolute Gasteiger partial charge is 0.255 e. The van der Waals surface area contributed by atoms with Crippen LogP contribution in [0.2, 0.25) is 5.02 Å². The number of nitrogens with one attached hydrogen (secondary N) is 1. The molecule has 4 rings (SSSR count). The van der Waals surface area contributed by atoms with Crippen LogP contribution >= 0.6 is 11.6 Å². The van der Waals surface area contributed by atoms with Gasteiger partial charge in [-0.2, -0.15) is 0 Å². The molecule has 3 atom stereocenters. The summed E-state index contributed by atoms with van der Waals surface area (Å²) in [6.07, 6.45) is 4.57. The molecule has 1 saturated heterocycles. The molecule has 0 bridgehead atoms. The second-order valence-corrected chi connectivity index (χ2v) is 8.06. The molecule has 2 aromatic carbocycles. The molecule has 6 heteroatoms. The lowest BCUT2D eigenvalue weighted by atomic mass is 9.78. The highest BCUT2D eigenvalue weighted by Gasteiger charge is 2.50. The highest BCUT2D eigenvalue weighted by molar-refractivity contribution is 6.31. The van der Waals surface area contributed by atoms with Crippen LogP contribution in [0.15, 0.2) is 54.6 Å². The van der Waals surface area contributed by atoms with E-state index in [1.54, 1.807) is 36.4 Å². The van der Waals surface area contributed by atoms with Crippen molar-refractivity contribution in [3.63, 3.8) is 0 Å². The molecule has 0 radical (unpaired) electrons. The van der Waals surface area contributed by atoms with Crippen molar-refractivity contribution in [2.45, 2.75) is 20.3 Å². The summed E-state index contributed by atoms with van der Waals surface area (Å²) in [4.78, 5) is 39.5. The third kappa shape index (κ3) is 3.47. The van der Waals surface area contributed by atoms with Crippen molar-refractivity contribution in [1.82, 2.24) is 0 Å². The molecule has 0 aromatic heterocycles. The SMILES string of the molecule is Cc1ccc(Cl)cc1NC(=O)c1ccc(N2C(=O)[C@@H]3[C@@H](C)C=CC[C@H]3C2=O)cc1. The molecule has 0 spiro atoms. The number of benzene rings is 2. The Labute approximate surface area is 174 Å². The fourth-order valence-corrected chi connectivity index (χ4v) is 4.26. The van der Waals surface area contributed by atoms with E-state index in [9.17, 15) is 14.4 Å². The highest BCUT2D eigenvalue weighted by atomic mass is 35.5. The molecule has 3 amide bonds. The van der Waals surface area contributed by atoms with E-state index in [1.807, 2.05) is 32.1 Å². The molecule has 0 saturated carbocycles. The van der Waals surface area contributed by atoms with Crippen molar-refractivity contribution < 1.29 is 14.4 Å². The summed E-state index contributed by atoms with van der Waals surface area (Å²) in [5.41, 5.74) is 2.47. The molecule has 1 aliphatic carbocycles. The van der Waals surface area contributed by atoms with Gasteiger partial charge in [-0.15, -0.1) is 0 Å². The van der Waals surface area contributed by atoms with E-state index < -0.39 is 0 Å².